The van der Waals surface area contributed by atoms with E-state index in [0.717, 1.165) is 25.7 Å². The van der Waals surface area contributed by atoms with Gasteiger partial charge in [0.25, 0.3) is 5.91 Å². The van der Waals surface area contributed by atoms with E-state index in [0.29, 0.717) is 13.1 Å². The summed E-state index contributed by atoms with van der Waals surface area (Å²) >= 11 is 0. The Kier molecular flexibility index (Phi) is 8.09. The number of carbonyl (C=O) groups is 1. The molecule has 1 aliphatic rings. The number of halogens is 2. The number of ether oxygens (including phenoxy) is 3. The highest BCUT2D eigenvalue weighted by Gasteiger charge is 2.27. The van der Waals surface area contributed by atoms with Crippen molar-refractivity contribution in [3.8, 4) is 17.2 Å². The Bertz CT molecular complexity index is 1090. The molecule has 1 N–H and O–H groups in total. The van der Waals surface area contributed by atoms with Gasteiger partial charge in [-0.05, 0) is 43.2 Å². The van der Waals surface area contributed by atoms with Crippen molar-refractivity contribution in [2.24, 2.45) is 0 Å². The van der Waals surface area contributed by atoms with Crippen molar-refractivity contribution < 1.29 is 36.2 Å². The number of anilines is 1. The first-order chi connectivity index (χ1) is 15.8. The molecule has 0 bridgehead atoms. The van der Waals surface area contributed by atoms with Crippen molar-refractivity contribution in [1.29, 1.82) is 0 Å². The first-order valence-electron chi connectivity index (χ1n) is 10.4. The molecule has 2 aromatic rings. The van der Waals surface area contributed by atoms with Crippen LogP contribution >= 0.6 is 0 Å². The molecule has 1 aliphatic heterocycles. The van der Waals surface area contributed by atoms with Gasteiger partial charge in [-0.25, -0.2) is 8.42 Å². The van der Waals surface area contributed by atoms with Gasteiger partial charge < -0.3 is 19.5 Å². The predicted molar refractivity (Wildman–Crippen MR) is 118 cm³/mol. The number of carbonyl (C=O) groups excluding carboxylic acids is 1. The van der Waals surface area contributed by atoms with Gasteiger partial charge in [0, 0.05) is 24.8 Å². The molecule has 0 spiro atoms. The summed E-state index contributed by atoms with van der Waals surface area (Å²) in [6.45, 7) is -2.23. The van der Waals surface area contributed by atoms with Crippen molar-refractivity contribution in [1.82, 2.24) is 4.31 Å². The third-order valence-corrected chi connectivity index (χ3v) is 7.15. The summed E-state index contributed by atoms with van der Waals surface area (Å²) in [4.78, 5) is 13.0. The minimum Gasteiger partial charge on any atom is -0.496 e. The maximum atomic E-state index is 13.1. The molecule has 1 amide bonds. The molecule has 1 fully saturated rings. The van der Waals surface area contributed by atoms with Crippen molar-refractivity contribution in [2.75, 3.05) is 32.6 Å². The number of amides is 1. The zero-order chi connectivity index (χ0) is 24.0. The van der Waals surface area contributed by atoms with E-state index in [-0.39, 0.29) is 33.4 Å². The van der Waals surface area contributed by atoms with Crippen molar-refractivity contribution in [2.45, 2.75) is 37.2 Å². The smallest absolute Gasteiger partial charge is 0.387 e. The van der Waals surface area contributed by atoms with Crippen molar-refractivity contribution in [3.05, 3.63) is 42.0 Å². The summed E-state index contributed by atoms with van der Waals surface area (Å²) < 4.78 is 67.7. The van der Waals surface area contributed by atoms with E-state index in [1.807, 2.05) is 0 Å². The highest BCUT2D eigenvalue weighted by Crippen LogP contribution is 2.32. The average molecular weight is 485 g/mol. The van der Waals surface area contributed by atoms with Crippen LogP contribution in [0.15, 0.2) is 41.3 Å². The van der Waals surface area contributed by atoms with Gasteiger partial charge in [-0.15, -0.1) is 0 Å². The van der Waals surface area contributed by atoms with E-state index in [2.05, 4.69) is 10.1 Å². The number of nitrogens with one attached hydrogen (secondary N) is 1. The van der Waals surface area contributed by atoms with Gasteiger partial charge in [0.05, 0.1) is 24.7 Å². The molecule has 0 atom stereocenters. The van der Waals surface area contributed by atoms with Crippen LogP contribution in [0, 0.1) is 0 Å². The van der Waals surface area contributed by atoms with Crippen LogP contribution in [0.2, 0.25) is 0 Å². The number of rotatable bonds is 8. The van der Waals surface area contributed by atoms with Crippen LogP contribution in [0.4, 0.5) is 14.5 Å². The number of methoxy groups -OCH3 is 2. The lowest BCUT2D eigenvalue weighted by Crippen LogP contribution is -2.32. The van der Waals surface area contributed by atoms with Crippen LogP contribution < -0.4 is 19.5 Å². The largest absolute Gasteiger partial charge is 0.496 e. The lowest BCUT2D eigenvalue weighted by Gasteiger charge is -2.20. The minimum absolute atomic E-state index is 0.0134. The number of hydrogen-bond donors (Lipinski definition) is 1. The lowest BCUT2D eigenvalue weighted by atomic mass is 10.1. The maximum Gasteiger partial charge on any atom is 0.387 e. The highest BCUT2D eigenvalue weighted by molar-refractivity contribution is 7.89. The number of sulfonamides is 1. The Hall–Kier alpha value is -2.92. The molecule has 0 aromatic heterocycles. The predicted octanol–water partition coefficient (Wildman–Crippen LogP) is 4.12. The molecule has 180 valence electrons. The van der Waals surface area contributed by atoms with E-state index in [9.17, 15) is 22.0 Å². The van der Waals surface area contributed by atoms with Crippen LogP contribution in [0.3, 0.4) is 0 Å². The second-order valence-electron chi connectivity index (χ2n) is 7.38. The monoisotopic (exact) mass is 484 g/mol. The van der Waals surface area contributed by atoms with E-state index in [4.69, 9.17) is 9.47 Å². The molecule has 0 radical (unpaired) electrons. The minimum atomic E-state index is -3.79. The lowest BCUT2D eigenvalue weighted by molar-refractivity contribution is -0.0511. The molecule has 8 nitrogen and oxygen atoms in total. The fraction of sp³-hybridized carbons (Fsp3) is 0.409. The summed E-state index contributed by atoms with van der Waals surface area (Å²) in [5.41, 5.74) is 0.139. The normalized spacial score (nSPS) is 15.1. The number of nitrogens with zero attached hydrogens (tertiary/aromatic N) is 1. The Morgan fingerprint density at radius 1 is 0.939 bits per heavy atom. The number of alkyl halides is 2. The quantitative estimate of drug-likeness (QED) is 0.606. The molecule has 0 aliphatic carbocycles. The fourth-order valence-corrected chi connectivity index (χ4v) is 5.14. The second-order valence-corrected chi connectivity index (χ2v) is 9.32. The molecule has 1 saturated heterocycles. The molecule has 0 unspecified atom stereocenters. The van der Waals surface area contributed by atoms with Gasteiger partial charge in [0.15, 0.2) is 11.5 Å². The average Bonchev–Trinajstić information content (AvgIpc) is 3.08. The Morgan fingerprint density at radius 3 is 2.18 bits per heavy atom. The van der Waals surface area contributed by atoms with Crippen molar-refractivity contribution >= 4 is 21.6 Å². The fourth-order valence-electron chi connectivity index (χ4n) is 3.60. The Morgan fingerprint density at radius 2 is 1.58 bits per heavy atom. The zero-order valence-corrected chi connectivity index (χ0v) is 19.2. The van der Waals surface area contributed by atoms with Gasteiger partial charge in [-0.3, -0.25) is 4.79 Å². The van der Waals surface area contributed by atoms with Crippen LogP contribution in [0.5, 0.6) is 17.2 Å². The molecule has 3 rings (SSSR count). The summed E-state index contributed by atoms with van der Waals surface area (Å²) in [5, 5.41) is 2.56. The first kappa shape index (κ1) is 24.7. The molecule has 33 heavy (non-hydrogen) atoms. The molecular formula is C22H26F2N2O6S. The van der Waals surface area contributed by atoms with E-state index in [1.165, 1.54) is 54.9 Å². The zero-order valence-electron chi connectivity index (χ0n) is 18.3. The summed E-state index contributed by atoms with van der Waals surface area (Å²) in [6.07, 6.45) is 3.51. The molecular weight excluding hydrogens is 458 g/mol. The Balaban J connectivity index is 1.90. The number of hydrogen-bond acceptors (Lipinski definition) is 6. The van der Waals surface area contributed by atoms with Crippen LogP contribution in [-0.2, 0) is 10.0 Å². The summed E-state index contributed by atoms with van der Waals surface area (Å²) in [7, 11) is -1.13. The van der Waals surface area contributed by atoms with Gasteiger partial charge >= 0.3 is 6.61 Å². The molecule has 11 heteroatoms. The van der Waals surface area contributed by atoms with Gasteiger partial charge in [-0.2, -0.15) is 13.1 Å². The van der Waals surface area contributed by atoms with E-state index >= 15 is 0 Å². The molecule has 1 heterocycles. The van der Waals surface area contributed by atoms with Crippen molar-refractivity contribution in [3.63, 3.8) is 0 Å². The third-order valence-electron chi connectivity index (χ3n) is 5.26. The van der Waals surface area contributed by atoms with Crippen LogP contribution in [-0.4, -0.2) is 52.6 Å². The van der Waals surface area contributed by atoms with Crippen LogP contribution in [0.1, 0.15) is 36.0 Å². The first-order valence-corrected chi connectivity index (χ1v) is 11.8. The summed E-state index contributed by atoms with van der Waals surface area (Å²) in [5.74, 6) is -0.695. The SMILES string of the molecule is COc1ccc(NC(=O)c2cc(S(=O)(=O)N3CCCCCC3)ccc2OC)cc1OC(F)F. The Labute approximate surface area is 191 Å². The standard InChI is InChI=1S/C22H26F2N2O6S/c1-30-18-10-8-16(33(28,29)26-11-5-3-4-6-12-26)14-17(18)21(27)25-15-7-9-19(31-2)20(13-15)32-22(23)24/h7-10,13-14,22H,3-6,11-12H2,1-2H3,(H,25,27). The highest BCUT2D eigenvalue weighted by atomic mass is 32.2. The summed E-state index contributed by atoms with van der Waals surface area (Å²) in [6, 6.07) is 8.07. The second kappa shape index (κ2) is 10.8. The van der Waals surface area contributed by atoms with E-state index < -0.39 is 22.5 Å². The van der Waals surface area contributed by atoms with Gasteiger partial charge in [0.2, 0.25) is 10.0 Å². The maximum absolute atomic E-state index is 13.1. The molecule has 2 aromatic carbocycles. The van der Waals surface area contributed by atoms with Crippen LogP contribution in [0.25, 0.3) is 0 Å². The number of benzene rings is 2. The topological polar surface area (TPSA) is 94.2 Å². The van der Waals surface area contributed by atoms with Gasteiger partial charge in [-0.1, -0.05) is 12.8 Å². The molecule has 0 saturated carbocycles. The van der Waals surface area contributed by atoms with E-state index in [1.54, 1.807) is 0 Å². The third kappa shape index (κ3) is 5.91. The van der Waals surface area contributed by atoms with Gasteiger partial charge in [0.1, 0.15) is 5.75 Å².